The van der Waals surface area contributed by atoms with E-state index in [0.29, 0.717) is 0 Å². The van der Waals surface area contributed by atoms with Crippen LogP contribution in [0.4, 0.5) is 0 Å². The zero-order valence-corrected chi connectivity index (χ0v) is 12.5. The maximum absolute atomic E-state index is 10.2. The molecule has 1 atom stereocenters. The molecule has 0 saturated carbocycles. The van der Waals surface area contributed by atoms with Crippen molar-refractivity contribution in [2.45, 2.75) is 6.04 Å². The summed E-state index contributed by atoms with van der Waals surface area (Å²) in [6.07, 6.45) is 1.19. The minimum atomic E-state index is -0.470. The Morgan fingerprint density at radius 3 is 2.18 bits per heavy atom. The van der Waals surface area contributed by atoms with Crippen LogP contribution in [0.2, 0.25) is 0 Å². The number of carbonyl (C=O) groups excluding carboxylic acids is 1. The van der Waals surface area contributed by atoms with Gasteiger partial charge in [0, 0.05) is 32.7 Å². The molecule has 3 nitrogen and oxygen atoms in total. The van der Waals surface area contributed by atoms with Gasteiger partial charge < -0.3 is 24.8 Å². The molecule has 0 heterocycles. The summed E-state index contributed by atoms with van der Waals surface area (Å²) in [4.78, 5) is 10.2. The van der Waals surface area contributed by atoms with E-state index in [1.165, 1.54) is 13.5 Å². The molecule has 0 aromatic carbocycles. The molecule has 0 aromatic heterocycles. The molecule has 1 unspecified atom stereocenters. The average molecular weight is 403 g/mol. The maximum atomic E-state index is 10.2. The first-order chi connectivity index (χ1) is 3.66. The summed E-state index contributed by atoms with van der Waals surface area (Å²) >= 11 is 0. The number of ether oxygens (including phenoxy) is 1. The van der Waals surface area contributed by atoms with Gasteiger partial charge in [0.05, 0.1) is 7.11 Å². The largest absolute Gasteiger partial charge is 2.00 e. The van der Waals surface area contributed by atoms with E-state index in [-0.39, 0.29) is 61.2 Å². The summed E-state index contributed by atoms with van der Waals surface area (Å²) in [5, 5.41) is 0. The summed E-state index contributed by atoms with van der Waals surface area (Å²) in [6, 6.07) is -0.470. The fraction of sp³-hybridized carbons (Fsp3) is 0.333. The van der Waals surface area contributed by atoms with Crippen LogP contribution in [0.3, 0.4) is 0 Å². The van der Waals surface area contributed by atoms with Crippen LogP contribution < -0.4 is 5.73 Å². The predicted molar refractivity (Wildman–Crippen MR) is 36.1 cm³/mol. The first kappa shape index (κ1) is 22.7. The van der Waals surface area contributed by atoms with Crippen molar-refractivity contribution in [3.8, 4) is 0 Å². The predicted octanol–water partition coefficient (Wildman–Crippen LogP) is -0.0296. The molecule has 0 spiro atoms. The van der Waals surface area contributed by atoms with Crippen molar-refractivity contribution in [3.05, 3.63) is 20.8 Å². The van der Waals surface area contributed by atoms with Gasteiger partial charge in [-0.15, -0.1) is 0 Å². The van der Waals surface area contributed by atoms with Gasteiger partial charge in [-0.1, -0.05) is 0 Å². The average Bonchev–Trinajstić information content (AvgIpc) is 1.65. The number of esters is 1. The van der Waals surface area contributed by atoms with E-state index in [9.17, 15) is 4.79 Å². The summed E-state index contributed by atoms with van der Waals surface area (Å²) in [5.74, 6) is -0.438. The van der Waals surface area contributed by atoms with Gasteiger partial charge in [-0.2, -0.15) is 0 Å². The molecule has 0 aromatic rings. The van der Waals surface area contributed by atoms with E-state index in [4.69, 9.17) is 5.73 Å². The van der Waals surface area contributed by atoms with E-state index < -0.39 is 12.0 Å². The summed E-state index contributed by atoms with van der Waals surface area (Å²) < 4.78 is 4.25. The van der Waals surface area contributed by atoms with Crippen molar-refractivity contribution >= 4 is 5.97 Å². The molecule has 0 rings (SSSR count). The maximum Gasteiger partial charge on any atom is 2.00 e. The standard InChI is InChI=1S/C5H9NO2.CH3.W.Y/c1-4(6)3-5(7)8-2;;;/h3-4H,1,6H2,2H3;1H3;;/q-2;-1;+2;. The molecule has 63 valence electrons. The van der Waals surface area contributed by atoms with Crippen LogP contribution in [0.5, 0.6) is 0 Å². The minimum Gasteiger partial charge on any atom is -0.491 e. The van der Waals surface area contributed by atoms with Gasteiger partial charge in [0.25, 0.3) is 0 Å². The molecule has 1 radical (unpaired) electrons. The van der Waals surface area contributed by atoms with Gasteiger partial charge in [0.15, 0.2) is 5.97 Å². The second kappa shape index (κ2) is 13.7. The van der Waals surface area contributed by atoms with Gasteiger partial charge in [-0.25, -0.2) is 6.04 Å². The van der Waals surface area contributed by atoms with Gasteiger partial charge >= 0.3 is 21.1 Å². The van der Waals surface area contributed by atoms with E-state index in [0.717, 1.165) is 0 Å². The summed E-state index contributed by atoms with van der Waals surface area (Å²) in [6.45, 7) is 3.35. The van der Waals surface area contributed by atoms with Crippen LogP contribution >= 0.6 is 0 Å². The zero-order chi connectivity index (χ0) is 6.57. The van der Waals surface area contributed by atoms with Crippen LogP contribution in [0.15, 0.2) is 0 Å². The Hall–Kier alpha value is 1.09. The third-order valence-corrected chi connectivity index (χ3v) is 0.551. The Labute approximate surface area is 108 Å². The fourth-order valence-electron chi connectivity index (χ4n) is 0.243. The molecular weight excluding hydrogens is 391 g/mol. The minimum absolute atomic E-state index is 0. The number of hydrogen-bond donors (Lipinski definition) is 1. The van der Waals surface area contributed by atoms with Gasteiger partial charge in [0.2, 0.25) is 0 Å². The molecule has 11 heavy (non-hydrogen) atoms. The summed E-state index contributed by atoms with van der Waals surface area (Å²) in [7, 11) is 1.29. The molecule has 0 amide bonds. The van der Waals surface area contributed by atoms with E-state index >= 15 is 0 Å². The number of rotatable bonds is 2. The number of hydrogen-bond acceptors (Lipinski definition) is 3. The number of nitrogens with two attached hydrogens (primary N) is 1. The van der Waals surface area contributed by atoms with E-state index in [2.05, 4.69) is 11.7 Å². The smallest absolute Gasteiger partial charge is 0.491 e. The Kier molecular flexibility index (Phi) is 28.2. The van der Waals surface area contributed by atoms with Crippen molar-refractivity contribution in [1.29, 1.82) is 0 Å². The number of methoxy groups -OCH3 is 1. The molecule has 5 heteroatoms. The normalized spacial score (nSPS) is 9.00. The molecule has 0 saturated heterocycles. The molecule has 0 aliphatic rings. The second-order valence-electron chi connectivity index (χ2n) is 1.35. The Balaban J connectivity index is -0.0000000817. The van der Waals surface area contributed by atoms with Crippen LogP contribution in [0.1, 0.15) is 0 Å². The topological polar surface area (TPSA) is 52.3 Å². The Morgan fingerprint density at radius 1 is 1.73 bits per heavy atom. The van der Waals surface area contributed by atoms with Crippen molar-refractivity contribution in [1.82, 2.24) is 0 Å². The molecule has 2 N–H and O–H groups in total. The fourth-order valence-corrected chi connectivity index (χ4v) is 0.243. The van der Waals surface area contributed by atoms with E-state index in [1.54, 1.807) is 0 Å². The first-order valence-corrected chi connectivity index (χ1v) is 2.18. The molecule has 0 fully saturated rings. The van der Waals surface area contributed by atoms with Gasteiger partial charge in [-0.3, -0.25) is 11.2 Å². The monoisotopic (exact) mass is 403 g/mol. The molecule has 0 aliphatic carbocycles. The second-order valence-corrected chi connectivity index (χ2v) is 1.35. The summed E-state index contributed by atoms with van der Waals surface area (Å²) in [5.41, 5.74) is 5.10. The van der Waals surface area contributed by atoms with Crippen LogP contribution in [0, 0.1) is 20.8 Å². The van der Waals surface area contributed by atoms with Crippen LogP contribution in [-0.2, 0) is 63.3 Å². The third-order valence-electron chi connectivity index (χ3n) is 0.551. The molecular formula is C6H12NO2WY-. The van der Waals surface area contributed by atoms with Gasteiger partial charge in [-0.05, 0) is 0 Å². The van der Waals surface area contributed by atoms with Crippen molar-refractivity contribution in [2.75, 3.05) is 7.11 Å². The molecule has 0 aliphatic heterocycles. The van der Waals surface area contributed by atoms with Gasteiger partial charge in [0.1, 0.15) is 0 Å². The van der Waals surface area contributed by atoms with Crippen molar-refractivity contribution in [2.24, 2.45) is 5.73 Å². The Morgan fingerprint density at radius 2 is 2.09 bits per heavy atom. The van der Waals surface area contributed by atoms with E-state index in [1.807, 2.05) is 0 Å². The first-order valence-electron chi connectivity index (χ1n) is 2.18. The van der Waals surface area contributed by atoms with Crippen LogP contribution in [-0.4, -0.2) is 19.1 Å². The van der Waals surface area contributed by atoms with Crippen LogP contribution in [0.25, 0.3) is 0 Å². The molecule has 0 bridgehead atoms. The van der Waals surface area contributed by atoms with Crippen molar-refractivity contribution in [3.63, 3.8) is 0 Å². The number of carbonyl (C=O) groups is 1. The zero-order valence-electron chi connectivity index (χ0n) is 6.74. The SMILES string of the molecule is [CH2-]C(N)[CH-]C(=O)OC.[CH3-].[W+2].[Y]. The van der Waals surface area contributed by atoms with Crippen molar-refractivity contribution < 1.29 is 63.3 Å². The quantitative estimate of drug-likeness (QED) is 0.521. The third kappa shape index (κ3) is 18.2. The Bertz CT molecular complexity index is 90.7.